The molecule has 94 heavy (non-hydrogen) atoms. The van der Waals surface area contributed by atoms with E-state index in [0.717, 1.165) is 118 Å². The fourth-order valence-corrected chi connectivity index (χ4v) is 22.9. The molecule has 4 aromatic carbocycles. The minimum absolute atomic E-state index is 0.00722. The summed E-state index contributed by atoms with van der Waals surface area (Å²) in [5, 5.41) is 20.9. The lowest BCUT2D eigenvalue weighted by Crippen LogP contribution is -2.73. The molecule has 15 atom stereocenters. The predicted octanol–water partition coefficient (Wildman–Crippen LogP) is 13.0. The summed E-state index contributed by atoms with van der Waals surface area (Å²) >= 11 is 0. The Balaban J connectivity index is 0.000000104. The summed E-state index contributed by atoms with van der Waals surface area (Å²) in [4.78, 5) is 10.6. The second-order valence-electron chi connectivity index (χ2n) is 31.6. The van der Waals surface area contributed by atoms with Gasteiger partial charge in [0.2, 0.25) is 0 Å². The van der Waals surface area contributed by atoms with Crippen molar-refractivity contribution in [3.63, 3.8) is 0 Å². The van der Waals surface area contributed by atoms with Crippen molar-refractivity contribution in [3.05, 3.63) is 141 Å². The van der Waals surface area contributed by atoms with Crippen LogP contribution in [0.15, 0.2) is 96.8 Å². The third-order valence-electron chi connectivity index (χ3n) is 27.8. The highest BCUT2D eigenvalue weighted by atomic mass is 16.6. The van der Waals surface area contributed by atoms with Gasteiger partial charge >= 0.3 is 0 Å². The van der Waals surface area contributed by atoms with Crippen LogP contribution in [-0.4, -0.2) is 166 Å². The van der Waals surface area contributed by atoms with Gasteiger partial charge in [0.15, 0.2) is 29.1 Å². The molecule has 4 aromatic rings. The minimum Gasteiger partial charge on any atom is -0.508 e. The number of piperidine rings is 4. The summed E-state index contributed by atoms with van der Waals surface area (Å²) in [5.74, 6) is 8.71. The average molecular weight is 1280 g/mol. The standard InChI is InChI=1S/C22H31NO2.C20H25NO3.C20H29NO.C19H23NO3/c1-25-22-10-3-2-9-21(22)11-12-23(15-16-5-4-6-16)20(22)13-17-7-8-18(24)14-19(17)21;1-3-9-21-10-8-20-13-5-6-15(22)19(20)24-18-16(23-2)7-4-12(17(18)20)11-14(13)21;1-14(2)8-10-21-11-9-20(4)15(3)19(21)12-16-6-7-17(22-5)13-18(16)20;1-20-9-8-19-12-5-7-15(22-3)18(19)23-17-14(21-2)6-4-11(16(17)19)10-13(12)20/h7-8,14,16,20,24H,2-6,9-13,15H2,1H3;3-4,7,13-15,19,22H,1,5-6,8-11H2,2H3;6-8,13,15,19H,9-12H2,1-5H3;4,6-7,12-13,18H,5,8-10H2,1-3H3/t20-,21+,22-;13?,14-,15+,19?,20+;15-,19+,20+;12?,13-,18?,19+/m1101/s1. The summed E-state index contributed by atoms with van der Waals surface area (Å²) in [6.07, 6.45) is 27.4. The monoisotopic (exact) mass is 1280 g/mol. The highest BCUT2D eigenvalue weighted by Crippen LogP contribution is 2.66. The molecule has 13 nitrogen and oxygen atoms in total. The SMILES string of the molecule is C=CCN1CC[C@]23c4c5ccc(OC)c4OC2[C@@H](O)CCC3[C@H]1C5.COC1=CCC2[C@H]3Cc4ccc(OC)c5c4[C@@]2(CCN3C)C1O5.CO[C@@]12CCCC[C@@]13CCN(CC1CCC1)[C@@H]2Cc1ccc(O)cc13.COc1ccc2c(c1)[C@]1(C)CCN(CC=C(C)C)[C@H](C2)[C@@H]1C. The number of likely N-dealkylation sites (tertiary alicyclic amines) is 4. The van der Waals surface area contributed by atoms with Gasteiger partial charge < -0.3 is 48.3 Å². The van der Waals surface area contributed by atoms with Gasteiger partial charge in [-0.2, -0.15) is 0 Å². The number of aliphatic hydroxyl groups is 1. The third kappa shape index (κ3) is 9.68. The lowest BCUT2D eigenvalue weighted by molar-refractivity contribution is -0.187. The Morgan fingerprint density at radius 2 is 1.32 bits per heavy atom. The normalized spacial score (nSPS) is 36.2. The maximum absolute atomic E-state index is 10.7. The third-order valence-corrected chi connectivity index (χ3v) is 27.8. The number of phenols is 1. The molecule has 8 aliphatic carbocycles. The maximum Gasteiger partial charge on any atom is 0.166 e. The molecule has 0 radical (unpaired) electrons. The number of nitrogens with zero attached hydrogens (tertiary/aromatic N) is 4. The Bertz CT molecular complexity index is 3600. The largest absolute Gasteiger partial charge is 0.508 e. The summed E-state index contributed by atoms with van der Waals surface area (Å²) in [7, 11) is 11.2. The second-order valence-corrected chi connectivity index (χ2v) is 31.6. The van der Waals surface area contributed by atoms with Crippen molar-refractivity contribution in [1.29, 1.82) is 0 Å². The van der Waals surface area contributed by atoms with Gasteiger partial charge in [-0.05, 0) is 248 Å². The number of phenolic OH excluding ortho intramolecular Hbond substituents is 1. The second kappa shape index (κ2) is 24.8. The summed E-state index contributed by atoms with van der Waals surface area (Å²) < 4.78 is 41.7. The van der Waals surface area contributed by atoms with Crippen molar-refractivity contribution < 1.29 is 43.4 Å². The molecule has 2 spiro atoms. The first-order valence-electron chi connectivity index (χ1n) is 36.4. The molecule has 3 saturated carbocycles. The van der Waals surface area contributed by atoms with Crippen LogP contribution in [0.25, 0.3) is 0 Å². The molecule has 0 aromatic heterocycles. The van der Waals surface area contributed by atoms with Gasteiger partial charge in [-0.25, -0.2) is 0 Å². The number of rotatable bonds is 11. The van der Waals surface area contributed by atoms with E-state index in [1.54, 1.807) is 28.4 Å². The first kappa shape index (κ1) is 64.5. The molecule has 14 aliphatic rings. The van der Waals surface area contributed by atoms with Gasteiger partial charge in [0, 0.05) is 78.3 Å². The van der Waals surface area contributed by atoms with E-state index in [9.17, 15) is 10.2 Å². The van der Waals surface area contributed by atoms with E-state index in [2.05, 4.69) is 122 Å². The Hall–Kier alpha value is -5.54. The Kier molecular flexibility index (Phi) is 17.0. The fraction of sp³-hybridized carbons (Fsp3) is 0.630. The Morgan fingerprint density at radius 1 is 0.649 bits per heavy atom. The molecule has 6 heterocycles. The topological polar surface area (TPSA) is 118 Å². The van der Waals surface area contributed by atoms with Gasteiger partial charge in [0.25, 0.3) is 0 Å². The minimum atomic E-state index is -0.379. The van der Waals surface area contributed by atoms with Crippen molar-refractivity contribution in [2.45, 2.75) is 213 Å². The van der Waals surface area contributed by atoms with Crippen molar-refractivity contribution in [2.75, 3.05) is 88.4 Å². The number of ether oxygens (including phenoxy) is 7. The van der Waals surface area contributed by atoms with Gasteiger partial charge in [0.05, 0.1) is 40.1 Å². The van der Waals surface area contributed by atoms with Crippen molar-refractivity contribution in [3.8, 4) is 34.5 Å². The number of hydrogen-bond acceptors (Lipinski definition) is 13. The maximum atomic E-state index is 10.7. The van der Waals surface area contributed by atoms with Gasteiger partial charge in [-0.3, -0.25) is 14.7 Å². The van der Waals surface area contributed by atoms with Crippen LogP contribution in [0.3, 0.4) is 0 Å². The first-order chi connectivity index (χ1) is 45.5. The van der Waals surface area contributed by atoms with Crippen LogP contribution in [0.1, 0.15) is 162 Å². The van der Waals surface area contributed by atoms with E-state index in [1.807, 2.05) is 25.3 Å². The molecular weight excluding hydrogens is 1170 g/mol. The lowest BCUT2D eigenvalue weighted by atomic mass is 9.49. The number of aromatic hydroxyl groups is 1. The van der Waals surface area contributed by atoms with Crippen LogP contribution in [-0.2, 0) is 56.8 Å². The van der Waals surface area contributed by atoms with Gasteiger partial charge in [-0.15, -0.1) is 6.58 Å². The van der Waals surface area contributed by atoms with Crippen molar-refractivity contribution >= 4 is 0 Å². The van der Waals surface area contributed by atoms with E-state index >= 15 is 0 Å². The average Bonchev–Trinajstić information content (AvgIpc) is 1.32. The number of aliphatic hydroxyl groups excluding tert-OH is 1. The van der Waals surface area contributed by atoms with E-state index in [1.165, 1.54) is 134 Å². The van der Waals surface area contributed by atoms with Crippen LogP contribution in [0.5, 0.6) is 34.5 Å². The zero-order valence-corrected chi connectivity index (χ0v) is 58.3. The van der Waals surface area contributed by atoms with E-state index in [-0.39, 0.29) is 45.6 Å². The number of fused-ring (bicyclic) bond motifs is 5. The van der Waals surface area contributed by atoms with Gasteiger partial charge in [-0.1, -0.05) is 75.1 Å². The number of methoxy groups -OCH3 is 5. The molecule has 18 rings (SSSR count). The lowest BCUT2D eigenvalue weighted by Gasteiger charge is -2.65. The van der Waals surface area contributed by atoms with E-state index < -0.39 is 0 Å². The quantitative estimate of drug-likeness (QED) is 0.139. The molecule has 0 amide bonds. The van der Waals surface area contributed by atoms with E-state index in [0.29, 0.717) is 47.7 Å². The van der Waals surface area contributed by atoms with Crippen molar-refractivity contribution in [1.82, 2.24) is 19.6 Å². The summed E-state index contributed by atoms with van der Waals surface area (Å²) in [5.41, 5.74) is 13.3. The highest BCUT2D eigenvalue weighted by Gasteiger charge is 2.68. The molecule has 6 aliphatic heterocycles. The number of hydrogen-bond donors (Lipinski definition) is 2. The zero-order chi connectivity index (χ0) is 65.2. The van der Waals surface area contributed by atoms with Crippen molar-refractivity contribution in [2.24, 2.45) is 23.7 Å². The van der Waals surface area contributed by atoms with Crippen LogP contribution in [0, 0.1) is 23.7 Å². The number of allylic oxidation sites excluding steroid dienone is 2. The Morgan fingerprint density at radius 3 is 2.03 bits per heavy atom. The number of likely N-dealkylation sites (N-methyl/N-ethyl adjacent to an activating group) is 1. The van der Waals surface area contributed by atoms with Crippen LogP contribution >= 0.6 is 0 Å². The smallest absolute Gasteiger partial charge is 0.166 e. The summed E-state index contributed by atoms with van der Waals surface area (Å²) in [6.45, 7) is 21.1. The number of benzene rings is 4. The Labute approximate surface area is 561 Å². The molecule has 2 N–H and O–H groups in total. The van der Waals surface area contributed by atoms with E-state index in [4.69, 9.17) is 33.2 Å². The fourth-order valence-electron chi connectivity index (χ4n) is 22.9. The molecule has 13 heteroatoms. The highest BCUT2D eigenvalue weighted by molar-refractivity contribution is 5.63. The molecule has 506 valence electrons. The first-order valence-corrected chi connectivity index (χ1v) is 36.4. The molecular formula is C81H108N4O9. The van der Waals surface area contributed by atoms with Crippen LogP contribution < -0.4 is 23.7 Å². The molecule has 4 unspecified atom stereocenters. The molecule has 4 saturated heterocycles. The molecule has 7 fully saturated rings. The predicted molar refractivity (Wildman–Crippen MR) is 370 cm³/mol. The molecule has 8 bridgehead atoms. The van der Waals surface area contributed by atoms with Gasteiger partial charge in [0.1, 0.15) is 23.4 Å². The van der Waals surface area contributed by atoms with Crippen LogP contribution in [0.4, 0.5) is 0 Å². The summed E-state index contributed by atoms with van der Waals surface area (Å²) in [6, 6.07) is 23.7. The zero-order valence-electron chi connectivity index (χ0n) is 58.3. The van der Waals surface area contributed by atoms with Crippen LogP contribution in [0.2, 0.25) is 0 Å².